The molecule has 6 heteroatoms. The number of fused-ring (bicyclic) bond motifs is 1. The number of ether oxygens (including phenoxy) is 1. The van der Waals surface area contributed by atoms with Gasteiger partial charge in [0.2, 0.25) is 0 Å². The molecular weight excluding hydrogens is 338 g/mol. The molecule has 2 fully saturated rings. The number of nitrogens with one attached hydrogen (secondary N) is 1. The van der Waals surface area contributed by atoms with Crippen LogP contribution in [0.25, 0.3) is 0 Å². The zero-order valence-corrected chi connectivity index (χ0v) is 16.6. The van der Waals surface area contributed by atoms with Crippen LogP contribution in [0, 0.1) is 11.3 Å². The van der Waals surface area contributed by atoms with Gasteiger partial charge in [0, 0.05) is 44.4 Å². The molecule has 0 bridgehead atoms. The van der Waals surface area contributed by atoms with Gasteiger partial charge in [-0.1, -0.05) is 0 Å². The standard InChI is InChI=1S/C21H31N5O/c1-15-6-3-4-9-26(15)21-18(12-22)17-8-10-25(2)14-19(17)20(24-21)23-13-16-7-5-11-27-16/h15-16H,3-11,13-14H2,1-2H3,(H,23,24). The van der Waals surface area contributed by atoms with Crippen molar-refractivity contribution in [2.24, 2.45) is 0 Å². The minimum Gasteiger partial charge on any atom is -0.376 e. The highest BCUT2D eigenvalue weighted by molar-refractivity contribution is 5.67. The van der Waals surface area contributed by atoms with Gasteiger partial charge < -0.3 is 19.9 Å². The molecule has 0 saturated carbocycles. The second-order valence-electron chi connectivity index (χ2n) is 8.27. The molecule has 4 rings (SSSR count). The van der Waals surface area contributed by atoms with Crippen molar-refractivity contribution in [3.63, 3.8) is 0 Å². The molecule has 2 atom stereocenters. The number of anilines is 2. The van der Waals surface area contributed by atoms with Crippen molar-refractivity contribution in [2.75, 3.05) is 43.5 Å². The van der Waals surface area contributed by atoms with Gasteiger partial charge in [0.25, 0.3) is 0 Å². The van der Waals surface area contributed by atoms with Gasteiger partial charge in [-0.3, -0.25) is 0 Å². The molecule has 6 nitrogen and oxygen atoms in total. The van der Waals surface area contributed by atoms with Gasteiger partial charge in [0.05, 0.1) is 11.7 Å². The van der Waals surface area contributed by atoms with Gasteiger partial charge in [-0.25, -0.2) is 4.98 Å². The van der Waals surface area contributed by atoms with Crippen LogP contribution in [-0.2, 0) is 17.7 Å². The third-order valence-electron chi connectivity index (χ3n) is 6.27. The van der Waals surface area contributed by atoms with Crippen molar-refractivity contribution in [3.05, 3.63) is 16.7 Å². The largest absolute Gasteiger partial charge is 0.376 e. The fourth-order valence-electron chi connectivity index (χ4n) is 4.66. The molecule has 1 N–H and O–H groups in total. The average Bonchev–Trinajstić information content (AvgIpc) is 3.19. The van der Waals surface area contributed by atoms with Crippen molar-refractivity contribution >= 4 is 11.6 Å². The lowest BCUT2D eigenvalue weighted by molar-refractivity contribution is 0.120. The summed E-state index contributed by atoms with van der Waals surface area (Å²) >= 11 is 0. The molecule has 27 heavy (non-hydrogen) atoms. The molecule has 3 aliphatic heterocycles. The van der Waals surface area contributed by atoms with Gasteiger partial charge in [-0.05, 0) is 58.1 Å². The topological polar surface area (TPSA) is 64.4 Å². The first-order chi connectivity index (χ1) is 13.2. The minimum absolute atomic E-state index is 0.275. The van der Waals surface area contributed by atoms with E-state index in [2.05, 4.69) is 35.2 Å². The maximum absolute atomic E-state index is 9.98. The highest BCUT2D eigenvalue weighted by atomic mass is 16.5. The number of likely N-dealkylation sites (N-methyl/N-ethyl adjacent to an activating group) is 1. The molecule has 1 aromatic heterocycles. The zero-order valence-electron chi connectivity index (χ0n) is 16.6. The highest BCUT2D eigenvalue weighted by Crippen LogP contribution is 2.35. The molecule has 4 heterocycles. The van der Waals surface area contributed by atoms with E-state index >= 15 is 0 Å². The van der Waals surface area contributed by atoms with E-state index in [4.69, 9.17) is 9.72 Å². The van der Waals surface area contributed by atoms with E-state index in [-0.39, 0.29) is 6.10 Å². The molecule has 0 amide bonds. The first-order valence-electron chi connectivity index (χ1n) is 10.4. The van der Waals surface area contributed by atoms with Crippen molar-refractivity contribution in [3.8, 4) is 6.07 Å². The third-order valence-corrected chi connectivity index (χ3v) is 6.27. The molecule has 1 aromatic rings. The van der Waals surface area contributed by atoms with Crippen LogP contribution >= 0.6 is 0 Å². The maximum Gasteiger partial charge on any atom is 0.149 e. The smallest absolute Gasteiger partial charge is 0.149 e. The van der Waals surface area contributed by atoms with Crippen molar-refractivity contribution in [2.45, 2.75) is 64.1 Å². The van der Waals surface area contributed by atoms with E-state index in [0.29, 0.717) is 6.04 Å². The predicted molar refractivity (Wildman–Crippen MR) is 107 cm³/mol. The minimum atomic E-state index is 0.275. The summed E-state index contributed by atoms with van der Waals surface area (Å²) in [5, 5.41) is 13.6. The Hall–Kier alpha value is -1.84. The van der Waals surface area contributed by atoms with Gasteiger partial charge in [0.1, 0.15) is 17.7 Å². The number of aromatic nitrogens is 1. The lowest BCUT2D eigenvalue weighted by atomic mass is 9.94. The third kappa shape index (κ3) is 3.76. The summed E-state index contributed by atoms with van der Waals surface area (Å²) in [6.07, 6.45) is 7.06. The summed E-state index contributed by atoms with van der Waals surface area (Å²) < 4.78 is 5.78. The lowest BCUT2D eigenvalue weighted by Gasteiger charge is -2.37. The molecule has 146 valence electrons. The summed E-state index contributed by atoms with van der Waals surface area (Å²) in [7, 11) is 2.14. The van der Waals surface area contributed by atoms with Gasteiger partial charge in [0.15, 0.2) is 0 Å². The molecule has 0 aliphatic carbocycles. The summed E-state index contributed by atoms with van der Waals surface area (Å²) in [6.45, 7) is 6.75. The summed E-state index contributed by atoms with van der Waals surface area (Å²) in [4.78, 5) is 9.71. The maximum atomic E-state index is 9.98. The second-order valence-corrected chi connectivity index (χ2v) is 8.27. The van der Waals surface area contributed by atoms with E-state index in [1.165, 1.54) is 30.4 Å². The number of hydrogen-bond donors (Lipinski definition) is 1. The number of hydrogen-bond acceptors (Lipinski definition) is 6. The van der Waals surface area contributed by atoms with Crippen molar-refractivity contribution in [1.82, 2.24) is 9.88 Å². The number of nitrogens with zero attached hydrogens (tertiary/aromatic N) is 4. The number of pyridine rings is 1. The highest BCUT2D eigenvalue weighted by Gasteiger charge is 2.29. The Kier molecular flexibility index (Phi) is 5.51. The Morgan fingerprint density at radius 1 is 1.22 bits per heavy atom. The van der Waals surface area contributed by atoms with E-state index in [9.17, 15) is 5.26 Å². The molecular formula is C21H31N5O. The Balaban J connectivity index is 1.71. The van der Waals surface area contributed by atoms with Crippen LogP contribution in [0.4, 0.5) is 11.6 Å². The Morgan fingerprint density at radius 2 is 2.11 bits per heavy atom. The van der Waals surface area contributed by atoms with Crippen LogP contribution in [0.15, 0.2) is 0 Å². The fourth-order valence-corrected chi connectivity index (χ4v) is 4.66. The molecule has 3 aliphatic rings. The van der Waals surface area contributed by atoms with Crippen LogP contribution in [0.1, 0.15) is 55.7 Å². The summed E-state index contributed by atoms with van der Waals surface area (Å²) in [5.74, 6) is 1.85. The van der Waals surface area contributed by atoms with E-state index in [1.54, 1.807) is 0 Å². The monoisotopic (exact) mass is 369 g/mol. The van der Waals surface area contributed by atoms with Crippen LogP contribution < -0.4 is 10.2 Å². The van der Waals surface area contributed by atoms with Gasteiger partial charge in [-0.15, -0.1) is 0 Å². The molecule has 2 saturated heterocycles. The summed E-state index contributed by atoms with van der Waals surface area (Å²) in [5.41, 5.74) is 3.20. The zero-order chi connectivity index (χ0) is 18.8. The van der Waals surface area contributed by atoms with E-state index in [1.807, 2.05) is 0 Å². The average molecular weight is 370 g/mol. The van der Waals surface area contributed by atoms with Gasteiger partial charge in [-0.2, -0.15) is 5.26 Å². The van der Waals surface area contributed by atoms with E-state index < -0.39 is 0 Å². The summed E-state index contributed by atoms with van der Waals surface area (Å²) in [6, 6.07) is 2.94. The number of rotatable bonds is 4. The molecule has 0 spiro atoms. The second kappa shape index (κ2) is 8.04. The number of piperidine rings is 1. The van der Waals surface area contributed by atoms with Crippen molar-refractivity contribution < 1.29 is 4.74 Å². The Bertz CT molecular complexity index is 722. The van der Waals surface area contributed by atoms with E-state index in [0.717, 1.165) is 69.2 Å². The Labute approximate surface area is 162 Å². The van der Waals surface area contributed by atoms with Crippen molar-refractivity contribution in [1.29, 1.82) is 5.26 Å². The molecule has 2 unspecified atom stereocenters. The van der Waals surface area contributed by atoms with Crippen LogP contribution in [0.3, 0.4) is 0 Å². The SMILES string of the molecule is CC1CCCCN1c1nc(NCC2CCCO2)c2c(c1C#N)CCN(C)C2. The van der Waals surface area contributed by atoms with Gasteiger partial charge >= 0.3 is 0 Å². The number of nitriles is 1. The quantitative estimate of drug-likeness (QED) is 0.880. The molecule has 0 aromatic carbocycles. The lowest BCUT2D eigenvalue weighted by Crippen LogP contribution is -2.39. The molecule has 0 radical (unpaired) electrons. The van der Waals surface area contributed by atoms with Crippen LogP contribution in [0.5, 0.6) is 0 Å². The normalized spacial score (nSPS) is 25.9. The first-order valence-corrected chi connectivity index (χ1v) is 10.4. The van der Waals surface area contributed by atoms with Crippen LogP contribution in [-0.4, -0.2) is 55.3 Å². The first kappa shape index (κ1) is 18.5. The Morgan fingerprint density at radius 3 is 2.85 bits per heavy atom. The predicted octanol–water partition coefficient (Wildman–Crippen LogP) is 2.91. The van der Waals surface area contributed by atoms with Crippen LogP contribution in [0.2, 0.25) is 0 Å². The fraction of sp³-hybridized carbons (Fsp3) is 0.714.